The number of hydrogen-bond acceptors (Lipinski definition) is 5. The maximum absolute atomic E-state index is 10.8. The molecule has 0 aromatic heterocycles. The third-order valence-electron chi connectivity index (χ3n) is 4.39. The van der Waals surface area contributed by atoms with Crippen LogP contribution >= 0.6 is 39.1 Å². The fourth-order valence-corrected chi connectivity index (χ4v) is 3.27. The van der Waals surface area contributed by atoms with Crippen LogP contribution in [-0.2, 0) is 0 Å². The van der Waals surface area contributed by atoms with Crippen molar-refractivity contribution >= 4 is 56.5 Å². The number of nitro benzene ring substituents is 2. The first-order valence-electron chi connectivity index (χ1n) is 9.97. The van der Waals surface area contributed by atoms with Gasteiger partial charge in [-0.2, -0.15) is 0 Å². The minimum atomic E-state index is -1.29. The number of rotatable bonds is 4. The van der Waals surface area contributed by atoms with Gasteiger partial charge in [-0.1, -0.05) is 83.0 Å². The quantitative estimate of drug-likeness (QED) is 0.182. The Morgan fingerprint density at radius 2 is 1.14 bits per heavy atom. The van der Waals surface area contributed by atoms with E-state index in [-0.39, 0.29) is 29.3 Å². The Kier molecular flexibility index (Phi) is 13.0. The zero-order valence-electron chi connectivity index (χ0n) is 18.3. The lowest BCUT2D eigenvalue weighted by Gasteiger charge is -2.02. The first-order chi connectivity index (χ1) is 17.1. The van der Waals surface area contributed by atoms with Crippen molar-refractivity contribution in [2.45, 2.75) is 7.43 Å². The summed E-state index contributed by atoms with van der Waals surface area (Å²) in [5, 5.41) is 31.0. The van der Waals surface area contributed by atoms with E-state index in [0.29, 0.717) is 10.6 Å². The molecule has 1 N–H and O–H groups in total. The predicted molar refractivity (Wildman–Crippen MR) is 149 cm³/mol. The number of hydrogen-bond donors (Lipinski definition) is 1. The molecular weight excluding hydrogens is 587 g/mol. The molecule has 0 saturated carbocycles. The largest absolute Gasteiger partial charge is 0.477 e. The number of halogens is 3. The number of aromatic carboxylic acids is 1. The molecule has 0 radical (unpaired) electrons. The molecule has 0 unspecified atom stereocenters. The van der Waals surface area contributed by atoms with Crippen LogP contribution in [0.2, 0.25) is 10.0 Å². The smallest absolute Gasteiger partial charge is 0.342 e. The molecule has 192 valence electrons. The van der Waals surface area contributed by atoms with Crippen LogP contribution in [0.1, 0.15) is 17.8 Å². The lowest BCUT2D eigenvalue weighted by atomic mass is 10.0. The second-order valence-corrected chi connectivity index (χ2v) is 8.59. The average Bonchev–Trinajstić information content (AvgIpc) is 2.87. The summed E-state index contributed by atoms with van der Waals surface area (Å²) in [6.07, 6.45) is 0. The molecular formula is C26H21BrCl2N2O6. The number of carboxylic acid groups (broad SMARTS) is 1. The van der Waals surface area contributed by atoms with Gasteiger partial charge in [0.25, 0.3) is 11.4 Å². The number of para-hydroxylation sites is 2. The molecule has 0 aliphatic carbocycles. The van der Waals surface area contributed by atoms with E-state index < -0.39 is 10.9 Å². The summed E-state index contributed by atoms with van der Waals surface area (Å²) in [6, 6.07) is 26.3. The molecule has 0 atom stereocenters. The molecule has 0 bridgehead atoms. The van der Waals surface area contributed by atoms with E-state index in [4.69, 9.17) is 28.3 Å². The van der Waals surface area contributed by atoms with E-state index in [2.05, 4.69) is 15.9 Å². The first kappa shape index (κ1) is 31.2. The molecule has 0 aliphatic heterocycles. The molecule has 0 spiro atoms. The summed E-state index contributed by atoms with van der Waals surface area (Å²) in [5.41, 5.74) is 0.818. The zero-order chi connectivity index (χ0) is 26.7. The Morgan fingerprint density at radius 1 is 0.703 bits per heavy atom. The molecule has 0 heterocycles. The number of nitro groups is 2. The summed E-state index contributed by atoms with van der Waals surface area (Å²) < 4.78 is 1.06. The lowest BCUT2D eigenvalue weighted by Crippen LogP contribution is -2.01. The highest BCUT2D eigenvalue weighted by atomic mass is 79.9. The van der Waals surface area contributed by atoms with Crippen LogP contribution in [0, 0.1) is 20.2 Å². The van der Waals surface area contributed by atoms with E-state index in [9.17, 15) is 25.0 Å². The Labute approximate surface area is 231 Å². The number of carbonyl (C=O) groups is 1. The minimum absolute atomic E-state index is 0. The molecule has 4 rings (SSSR count). The van der Waals surface area contributed by atoms with E-state index in [0.717, 1.165) is 21.1 Å². The van der Waals surface area contributed by atoms with Gasteiger partial charge in [-0.15, -0.1) is 0 Å². The number of nitrogens with zero attached hydrogens (tertiary/aromatic N) is 2. The third-order valence-corrected chi connectivity index (χ3v) is 5.42. The molecule has 0 saturated heterocycles. The van der Waals surface area contributed by atoms with E-state index in [1.807, 2.05) is 24.3 Å². The molecule has 0 fully saturated rings. The van der Waals surface area contributed by atoms with Gasteiger partial charge in [0.05, 0.1) is 15.4 Å². The molecule has 0 aliphatic rings. The Hall–Kier alpha value is -3.79. The highest BCUT2D eigenvalue weighted by molar-refractivity contribution is 9.10. The molecule has 4 aromatic rings. The SMILES string of the molecule is C.Clc1ccc(Br)cc1.O=C(O)c1ccccc1[N+](=O)[O-].O=[N+]([O-])c1ccccc1-c1ccc(Cl)cc1. The van der Waals surface area contributed by atoms with Gasteiger partial charge < -0.3 is 5.11 Å². The topological polar surface area (TPSA) is 124 Å². The van der Waals surface area contributed by atoms with Crippen LogP contribution in [0.25, 0.3) is 11.1 Å². The summed E-state index contributed by atoms with van der Waals surface area (Å²) in [7, 11) is 0. The van der Waals surface area contributed by atoms with Crippen LogP contribution in [0.4, 0.5) is 11.4 Å². The first-order valence-corrected chi connectivity index (χ1v) is 11.5. The fraction of sp³-hybridized carbons (Fsp3) is 0.0385. The lowest BCUT2D eigenvalue weighted by molar-refractivity contribution is -0.385. The van der Waals surface area contributed by atoms with E-state index >= 15 is 0 Å². The number of carboxylic acids is 1. The van der Waals surface area contributed by atoms with Crippen molar-refractivity contribution in [2.75, 3.05) is 0 Å². The van der Waals surface area contributed by atoms with E-state index in [1.165, 1.54) is 24.3 Å². The van der Waals surface area contributed by atoms with Gasteiger partial charge >= 0.3 is 5.97 Å². The van der Waals surface area contributed by atoms with Crippen molar-refractivity contribution in [2.24, 2.45) is 0 Å². The van der Waals surface area contributed by atoms with E-state index in [1.54, 1.807) is 42.5 Å². The monoisotopic (exact) mass is 606 g/mol. The standard InChI is InChI=1S/C12H8ClNO2.C7H5NO4.C6H4BrCl.CH4/c13-10-7-5-9(6-8-10)11-3-1-2-4-12(11)14(15)16;9-7(10)5-3-1-2-4-6(5)8(11)12;7-5-1-3-6(8)4-2-5;/h1-8H;1-4H,(H,9,10);1-4H;1H4. The highest BCUT2D eigenvalue weighted by Gasteiger charge is 2.17. The van der Waals surface area contributed by atoms with Gasteiger partial charge in [0, 0.05) is 26.7 Å². The van der Waals surface area contributed by atoms with Crippen molar-refractivity contribution < 1.29 is 19.7 Å². The Bertz CT molecular complexity index is 1300. The van der Waals surface area contributed by atoms with Crippen molar-refractivity contribution in [1.82, 2.24) is 0 Å². The maximum atomic E-state index is 10.8. The second kappa shape index (κ2) is 15.4. The maximum Gasteiger partial charge on any atom is 0.342 e. The van der Waals surface area contributed by atoms with Crippen molar-refractivity contribution in [1.29, 1.82) is 0 Å². The molecule has 4 aromatic carbocycles. The third kappa shape index (κ3) is 10.0. The average molecular weight is 608 g/mol. The van der Waals surface area contributed by atoms with Crippen molar-refractivity contribution in [3.8, 4) is 11.1 Å². The molecule has 0 amide bonds. The van der Waals surface area contributed by atoms with Crippen LogP contribution in [-0.4, -0.2) is 20.9 Å². The summed E-state index contributed by atoms with van der Waals surface area (Å²) >= 11 is 14.6. The summed E-state index contributed by atoms with van der Waals surface area (Å²) in [5.74, 6) is -1.29. The van der Waals surface area contributed by atoms with Gasteiger partial charge in [0.1, 0.15) is 5.56 Å². The normalized spacial score (nSPS) is 9.38. The second-order valence-electron chi connectivity index (χ2n) is 6.80. The fourth-order valence-electron chi connectivity index (χ4n) is 2.75. The van der Waals surface area contributed by atoms with Gasteiger partial charge in [-0.25, -0.2) is 4.79 Å². The molecule has 11 heteroatoms. The van der Waals surface area contributed by atoms with Crippen molar-refractivity contribution in [3.05, 3.63) is 137 Å². The Balaban J connectivity index is 0.000000290. The van der Waals surface area contributed by atoms with Gasteiger partial charge in [0.2, 0.25) is 0 Å². The predicted octanol–water partition coefficient (Wildman–Crippen LogP) is 8.95. The van der Waals surface area contributed by atoms with Crippen LogP contribution in [0.5, 0.6) is 0 Å². The van der Waals surface area contributed by atoms with Gasteiger partial charge in [-0.3, -0.25) is 20.2 Å². The molecule has 37 heavy (non-hydrogen) atoms. The van der Waals surface area contributed by atoms with Gasteiger partial charge in [0.15, 0.2) is 0 Å². The highest BCUT2D eigenvalue weighted by Crippen LogP contribution is 2.30. The van der Waals surface area contributed by atoms with Crippen molar-refractivity contribution in [3.63, 3.8) is 0 Å². The minimum Gasteiger partial charge on any atom is -0.477 e. The molecule has 8 nitrogen and oxygen atoms in total. The van der Waals surface area contributed by atoms with Crippen LogP contribution in [0.3, 0.4) is 0 Å². The zero-order valence-corrected chi connectivity index (χ0v) is 21.4. The van der Waals surface area contributed by atoms with Crippen LogP contribution in [0.15, 0.2) is 102 Å². The summed E-state index contributed by atoms with van der Waals surface area (Å²) in [4.78, 5) is 30.4. The van der Waals surface area contributed by atoms with Gasteiger partial charge in [-0.05, 0) is 54.1 Å². The summed E-state index contributed by atoms with van der Waals surface area (Å²) in [6.45, 7) is 0. The number of benzene rings is 4. The van der Waals surface area contributed by atoms with Crippen LogP contribution < -0.4 is 0 Å². The Morgan fingerprint density at radius 3 is 1.57 bits per heavy atom.